The van der Waals surface area contributed by atoms with Gasteiger partial charge < -0.3 is 15.0 Å². The Hall–Kier alpha value is -2.41. The Morgan fingerprint density at radius 3 is 2.54 bits per heavy atom. The van der Waals surface area contributed by atoms with Crippen molar-refractivity contribution < 1.29 is 19.1 Å². The zero-order valence-electron chi connectivity index (χ0n) is 16.9. The highest BCUT2D eigenvalue weighted by atomic mass is 16.5. The summed E-state index contributed by atoms with van der Waals surface area (Å²) in [4.78, 5) is 38.4. The van der Waals surface area contributed by atoms with E-state index < -0.39 is 6.03 Å². The van der Waals surface area contributed by atoms with Gasteiger partial charge >= 0.3 is 6.03 Å². The molecule has 2 heterocycles. The van der Waals surface area contributed by atoms with Crippen molar-refractivity contribution in [3.05, 3.63) is 35.9 Å². The molecular formula is C21H29N3O4. The number of amides is 4. The number of ether oxygens (including phenoxy) is 1. The summed E-state index contributed by atoms with van der Waals surface area (Å²) in [5.41, 5.74) is 0.958. The van der Waals surface area contributed by atoms with Gasteiger partial charge in [-0.2, -0.15) is 0 Å². The Morgan fingerprint density at radius 2 is 1.93 bits per heavy atom. The molecule has 0 bridgehead atoms. The monoisotopic (exact) mass is 387 g/mol. The van der Waals surface area contributed by atoms with E-state index >= 15 is 0 Å². The van der Waals surface area contributed by atoms with Gasteiger partial charge in [0.1, 0.15) is 13.1 Å². The second-order valence-corrected chi connectivity index (χ2v) is 8.40. The first kappa shape index (κ1) is 20.3. The number of nitrogens with zero attached hydrogens (tertiary/aromatic N) is 2. The van der Waals surface area contributed by atoms with Crippen LogP contribution in [-0.2, 0) is 19.7 Å². The summed E-state index contributed by atoms with van der Waals surface area (Å²) in [5.74, 6) is -0.652. The fourth-order valence-electron chi connectivity index (χ4n) is 4.34. The van der Waals surface area contributed by atoms with E-state index in [-0.39, 0.29) is 35.9 Å². The number of nitrogens with one attached hydrogen (secondary N) is 1. The molecule has 2 aliphatic heterocycles. The second kappa shape index (κ2) is 7.91. The minimum atomic E-state index is -0.424. The molecule has 0 radical (unpaired) electrons. The smallest absolute Gasteiger partial charge is 0.327 e. The van der Waals surface area contributed by atoms with Crippen molar-refractivity contribution in [1.82, 2.24) is 15.1 Å². The first-order valence-corrected chi connectivity index (χ1v) is 9.74. The fraction of sp³-hybridized carbons (Fsp3) is 0.571. The number of carbonyl (C=O) groups is 3. The number of urea groups is 1. The molecule has 1 aromatic rings. The highest BCUT2D eigenvalue weighted by Crippen LogP contribution is 2.43. The lowest BCUT2D eigenvalue weighted by Crippen LogP contribution is -2.46. The molecule has 0 aromatic heterocycles. The van der Waals surface area contributed by atoms with Crippen LogP contribution in [0.3, 0.4) is 0 Å². The van der Waals surface area contributed by atoms with Crippen molar-refractivity contribution in [2.24, 2.45) is 0 Å². The van der Waals surface area contributed by atoms with E-state index in [1.54, 1.807) is 7.05 Å². The van der Waals surface area contributed by atoms with E-state index in [9.17, 15) is 14.4 Å². The number of hydrogen-bond acceptors (Lipinski definition) is 4. The van der Waals surface area contributed by atoms with Gasteiger partial charge in [-0.1, -0.05) is 30.3 Å². The van der Waals surface area contributed by atoms with E-state index in [1.165, 1.54) is 10.5 Å². The normalized spacial score (nSPS) is 24.5. The summed E-state index contributed by atoms with van der Waals surface area (Å²) in [5, 5.41) is 2.89. The van der Waals surface area contributed by atoms with Crippen molar-refractivity contribution in [3.63, 3.8) is 0 Å². The zero-order valence-corrected chi connectivity index (χ0v) is 16.9. The van der Waals surface area contributed by atoms with Gasteiger partial charge in [0.05, 0.1) is 5.60 Å². The molecule has 0 saturated carbocycles. The third kappa shape index (κ3) is 4.35. The topological polar surface area (TPSA) is 79.0 Å². The molecule has 4 amide bonds. The zero-order chi connectivity index (χ0) is 20.4. The number of rotatable bonds is 6. The van der Waals surface area contributed by atoms with Crippen LogP contribution in [0.15, 0.2) is 30.3 Å². The Balaban J connectivity index is 1.62. The molecule has 2 fully saturated rings. The summed E-state index contributed by atoms with van der Waals surface area (Å²) in [6.45, 7) is 5.16. The van der Waals surface area contributed by atoms with Gasteiger partial charge in [0.15, 0.2) is 0 Å². The quantitative estimate of drug-likeness (QED) is 0.757. The van der Waals surface area contributed by atoms with E-state index in [1.807, 2.05) is 18.2 Å². The average molecular weight is 387 g/mol. The summed E-state index contributed by atoms with van der Waals surface area (Å²) in [7, 11) is 1.55. The third-order valence-corrected chi connectivity index (χ3v) is 5.68. The summed E-state index contributed by atoms with van der Waals surface area (Å²) >= 11 is 0. The van der Waals surface area contributed by atoms with Gasteiger partial charge in [0, 0.05) is 25.6 Å². The molecule has 7 heteroatoms. The number of imide groups is 1. The molecule has 2 aliphatic rings. The minimum absolute atomic E-state index is 0.0261. The fourth-order valence-corrected chi connectivity index (χ4v) is 4.34. The Labute approximate surface area is 166 Å². The number of benzene rings is 1. The van der Waals surface area contributed by atoms with Gasteiger partial charge in [0.25, 0.3) is 5.91 Å². The first-order valence-electron chi connectivity index (χ1n) is 9.74. The van der Waals surface area contributed by atoms with Crippen molar-refractivity contribution >= 4 is 17.8 Å². The van der Waals surface area contributed by atoms with Crippen molar-refractivity contribution in [3.8, 4) is 0 Å². The van der Waals surface area contributed by atoms with Crippen molar-refractivity contribution in [2.75, 3.05) is 33.3 Å². The number of hydrogen-bond donors (Lipinski definition) is 1. The van der Waals surface area contributed by atoms with E-state index in [0.29, 0.717) is 13.2 Å². The lowest BCUT2D eigenvalue weighted by atomic mass is 9.67. The highest BCUT2D eigenvalue weighted by molar-refractivity contribution is 6.04. The van der Waals surface area contributed by atoms with Crippen molar-refractivity contribution in [2.45, 2.75) is 44.1 Å². The van der Waals surface area contributed by atoms with Gasteiger partial charge in [0.2, 0.25) is 5.91 Å². The van der Waals surface area contributed by atoms with Crippen LogP contribution < -0.4 is 5.32 Å². The Bertz CT molecular complexity index is 749. The largest absolute Gasteiger partial charge is 0.376 e. The van der Waals surface area contributed by atoms with Gasteiger partial charge in [-0.15, -0.1) is 0 Å². The molecule has 7 nitrogen and oxygen atoms in total. The van der Waals surface area contributed by atoms with Gasteiger partial charge in [-0.3, -0.25) is 14.5 Å². The van der Waals surface area contributed by atoms with Gasteiger partial charge in [-0.25, -0.2) is 4.79 Å². The number of carbonyl (C=O) groups excluding carboxylic acids is 3. The standard InChI is InChI=1S/C21H29N3O4/c1-20(2)15-21(10-12-28-20,16-7-5-4-6-8-16)9-11-22-17(25)13-24-18(26)14-23(3)19(24)27/h4-8H,9-15H2,1-3H3,(H,22,25)/t21-/m0/s1. The molecule has 1 N–H and O–H groups in total. The first-order chi connectivity index (χ1) is 13.2. The van der Waals surface area contributed by atoms with E-state index in [0.717, 1.165) is 24.2 Å². The molecule has 0 spiro atoms. The molecular weight excluding hydrogens is 358 g/mol. The van der Waals surface area contributed by atoms with Gasteiger partial charge in [-0.05, 0) is 38.7 Å². The lowest BCUT2D eigenvalue weighted by Gasteiger charge is -2.45. The molecule has 3 rings (SSSR count). The molecule has 2 saturated heterocycles. The van der Waals surface area contributed by atoms with Crippen LogP contribution in [0, 0.1) is 0 Å². The average Bonchev–Trinajstić information content (AvgIpc) is 2.88. The predicted octanol–water partition coefficient (Wildman–Crippen LogP) is 1.91. The molecule has 0 aliphatic carbocycles. The van der Waals surface area contributed by atoms with Crippen molar-refractivity contribution in [1.29, 1.82) is 0 Å². The van der Waals surface area contributed by atoms with Crippen LogP contribution in [0.4, 0.5) is 4.79 Å². The van der Waals surface area contributed by atoms with Crippen LogP contribution in [0.2, 0.25) is 0 Å². The minimum Gasteiger partial charge on any atom is -0.376 e. The molecule has 1 atom stereocenters. The maximum atomic E-state index is 12.3. The maximum Gasteiger partial charge on any atom is 0.327 e. The van der Waals surface area contributed by atoms with Crippen LogP contribution in [0.5, 0.6) is 0 Å². The lowest BCUT2D eigenvalue weighted by molar-refractivity contribution is -0.130. The van der Waals surface area contributed by atoms with Crippen LogP contribution in [-0.4, -0.2) is 66.5 Å². The van der Waals surface area contributed by atoms with E-state index in [4.69, 9.17) is 4.74 Å². The predicted molar refractivity (Wildman–Crippen MR) is 105 cm³/mol. The molecule has 152 valence electrons. The third-order valence-electron chi connectivity index (χ3n) is 5.68. The molecule has 1 aromatic carbocycles. The second-order valence-electron chi connectivity index (χ2n) is 8.40. The van der Waals surface area contributed by atoms with Crippen LogP contribution >= 0.6 is 0 Å². The van der Waals surface area contributed by atoms with E-state index in [2.05, 4.69) is 31.3 Å². The Morgan fingerprint density at radius 1 is 1.21 bits per heavy atom. The maximum absolute atomic E-state index is 12.3. The Kier molecular flexibility index (Phi) is 5.74. The summed E-state index contributed by atoms with van der Waals surface area (Å²) in [6, 6.07) is 9.94. The molecule has 28 heavy (non-hydrogen) atoms. The number of likely N-dealkylation sites (N-methyl/N-ethyl adjacent to an activating group) is 1. The highest BCUT2D eigenvalue weighted by Gasteiger charge is 2.42. The SMILES string of the molecule is CN1CC(=O)N(CC(=O)NCC[C@]2(c3ccccc3)CCOC(C)(C)C2)C1=O. The summed E-state index contributed by atoms with van der Waals surface area (Å²) in [6.07, 6.45) is 2.54. The molecule has 0 unspecified atom stereocenters. The summed E-state index contributed by atoms with van der Waals surface area (Å²) < 4.78 is 5.92. The van der Waals surface area contributed by atoms with Crippen LogP contribution in [0.25, 0.3) is 0 Å². The van der Waals surface area contributed by atoms with Crippen LogP contribution in [0.1, 0.15) is 38.7 Å².